The first-order valence-electron chi connectivity index (χ1n) is 3.07. The largest absolute Gasteiger partial charge is 0.390 e. The number of aromatic nitrogens is 1. The lowest BCUT2D eigenvalue weighted by molar-refractivity contribution is 0.276. The van der Waals surface area contributed by atoms with Gasteiger partial charge in [0.15, 0.2) is 0 Å². The maximum Gasteiger partial charge on any atom is 0.132 e. The number of aliphatic hydroxyl groups excluding tert-OH is 1. The van der Waals surface area contributed by atoms with Crippen LogP contribution in [0.4, 0.5) is 0 Å². The lowest BCUT2D eigenvalue weighted by Gasteiger charge is -2.02. The van der Waals surface area contributed by atoms with Crippen molar-refractivity contribution in [3.8, 4) is 0 Å². The van der Waals surface area contributed by atoms with E-state index in [2.05, 4.69) is 20.9 Å². The zero-order valence-electron chi connectivity index (χ0n) is 5.93. The Morgan fingerprint density at radius 1 is 1.73 bits per heavy atom. The van der Waals surface area contributed by atoms with Gasteiger partial charge < -0.3 is 5.11 Å². The van der Waals surface area contributed by atoms with Gasteiger partial charge in [-0.15, -0.1) is 0 Å². The predicted octanol–water partition coefficient (Wildman–Crippen LogP) is 2.30. The van der Waals surface area contributed by atoms with Crippen LogP contribution in [0.25, 0.3) is 0 Å². The second-order valence-electron chi connectivity index (χ2n) is 2.18. The van der Waals surface area contributed by atoms with Gasteiger partial charge in [-0.1, -0.05) is 11.6 Å². The highest BCUT2D eigenvalue weighted by Crippen LogP contribution is 2.21. The van der Waals surface area contributed by atoms with Crippen molar-refractivity contribution in [1.29, 1.82) is 0 Å². The topological polar surface area (TPSA) is 33.1 Å². The molecule has 0 unspecified atom stereocenters. The van der Waals surface area contributed by atoms with E-state index in [0.29, 0.717) is 10.8 Å². The summed E-state index contributed by atoms with van der Waals surface area (Å²) in [5, 5.41) is 9.22. The molecule has 1 aromatic rings. The molecule has 1 aromatic heterocycles. The van der Waals surface area contributed by atoms with Gasteiger partial charge in [-0.25, -0.2) is 4.98 Å². The average molecular weight is 236 g/mol. The molecule has 2 nitrogen and oxygen atoms in total. The minimum Gasteiger partial charge on any atom is -0.390 e. The van der Waals surface area contributed by atoms with Crippen molar-refractivity contribution in [3.63, 3.8) is 0 Å². The summed E-state index contributed by atoms with van der Waals surface area (Å²) in [6.45, 7) is 1.77. The van der Waals surface area contributed by atoms with Crippen LogP contribution in [0.1, 0.15) is 11.3 Å². The highest BCUT2D eigenvalue weighted by Gasteiger charge is 2.03. The second kappa shape index (κ2) is 3.52. The summed E-state index contributed by atoms with van der Waals surface area (Å²) in [4.78, 5) is 3.96. The first kappa shape index (κ1) is 8.97. The summed E-state index contributed by atoms with van der Waals surface area (Å²) in [6, 6.07) is 1.83. The molecule has 0 aliphatic heterocycles. The Labute approximate surface area is 78.3 Å². The Balaban J connectivity index is 3.21. The molecular weight excluding hydrogens is 229 g/mol. The van der Waals surface area contributed by atoms with E-state index in [1.165, 1.54) is 0 Å². The maximum atomic E-state index is 8.78. The van der Waals surface area contributed by atoms with E-state index in [1.807, 2.05) is 13.0 Å². The van der Waals surface area contributed by atoms with E-state index in [1.54, 1.807) is 0 Å². The standard InChI is InChI=1S/C7H7BrClNO/c1-4-2-5(8)6(3-11)10-7(4)9/h2,11H,3H2,1H3. The van der Waals surface area contributed by atoms with Crippen LogP contribution < -0.4 is 0 Å². The molecule has 1 heterocycles. The number of rotatable bonds is 1. The predicted molar refractivity (Wildman–Crippen MR) is 47.6 cm³/mol. The first-order valence-corrected chi connectivity index (χ1v) is 4.24. The van der Waals surface area contributed by atoms with Gasteiger partial charge in [-0.2, -0.15) is 0 Å². The molecule has 0 spiro atoms. The Morgan fingerprint density at radius 3 is 2.91 bits per heavy atom. The Bertz CT molecular complexity index is 277. The maximum absolute atomic E-state index is 8.78. The fourth-order valence-electron chi connectivity index (χ4n) is 0.704. The normalized spacial score (nSPS) is 10.2. The molecule has 1 N–H and O–H groups in total. The summed E-state index contributed by atoms with van der Waals surface area (Å²) in [6.07, 6.45) is 0. The van der Waals surface area contributed by atoms with Crippen molar-refractivity contribution in [2.24, 2.45) is 0 Å². The molecule has 0 atom stereocenters. The quantitative estimate of drug-likeness (QED) is 0.759. The molecule has 0 radical (unpaired) electrons. The van der Waals surface area contributed by atoms with Crippen LogP contribution in [0.2, 0.25) is 5.15 Å². The van der Waals surface area contributed by atoms with Gasteiger partial charge in [0.05, 0.1) is 12.3 Å². The Kier molecular flexibility index (Phi) is 2.87. The second-order valence-corrected chi connectivity index (χ2v) is 3.40. The molecule has 0 saturated carbocycles. The van der Waals surface area contributed by atoms with E-state index < -0.39 is 0 Å². The van der Waals surface area contributed by atoms with E-state index >= 15 is 0 Å². The Hall–Kier alpha value is -0.120. The summed E-state index contributed by atoms with van der Waals surface area (Å²) in [5.41, 5.74) is 1.47. The van der Waals surface area contributed by atoms with Crippen LogP contribution in [-0.4, -0.2) is 10.1 Å². The fourth-order valence-corrected chi connectivity index (χ4v) is 1.42. The highest BCUT2D eigenvalue weighted by molar-refractivity contribution is 9.10. The van der Waals surface area contributed by atoms with E-state index in [0.717, 1.165) is 10.0 Å². The molecule has 0 fully saturated rings. The third-order valence-corrected chi connectivity index (χ3v) is 2.40. The van der Waals surface area contributed by atoms with Gasteiger partial charge in [-0.05, 0) is 34.5 Å². The first-order chi connectivity index (χ1) is 5.15. The molecule has 0 bridgehead atoms. The monoisotopic (exact) mass is 235 g/mol. The minimum absolute atomic E-state index is 0.0966. The van der Waals surface area contributed by atoms with Crippen molar-refractivity contribution >= 4 is 27.5 Å². The van der Waals surface area contributed by atoms with Crippen LogP contribution in [0.5, 0.6) is 0 Å². The van der Waals surface area contributed by atoms with Crippen molar-refractivity contribution < 1.29 is 5.11 Å². The number of hydrogen-bond donors (Lipinski definition) is 1. The van der Waals surface area contributed by atoms with Gasteiger partial charge in [0.1, 0.15) is 5.15 Å². The SMILES string of the molecule is Cc1cc(Br)c(CO)nc1Cl. The molecule has 0 aliphatic rings. The van der Waals surface area contributed by atoms with Crippen LogP contribution in [-0.2, 0) is 6.61 Å². The van der Waals surface area contributed by atoms with Gasteiger partial charge in [0.25, 0.3) is 0 Å². The number of hydrogen-bond acceptors (Lipinski definition) is 2. The minimum atomic E-state index is -0.0966. The number of pyridine rings is 1. The summed E-state index contributed by atoms with van der Waals surface area (Å²) >= 11 is 8.98. The van der Waals surface area contributed by atoms with Gasteiger partial charge in [0.2, 0.25) is 0 Å². The van der Waals surface area contributed by atoms with Crippen molar-refractivity contribution in [2.75, 3.05) is 0 Å². The third-order valence-electron chi connectivity index (χ3n) is 1.33. The molecule has 0 aromatic carbocycles. The number of halogens is 2. The molecule has 0 amide bonds. The molecule has 60 valence electrons. The third kappa shape index (κ3) is 1.92. The van der Waals surface area contributed by atoms with Gasteiger partial charge in [0, 0.05) is 4.47 Å². The lowest BCUT2D eigenvalue weighted by atomic mass is 10.3. The molecular formula is C7H7BrClNO. The lowest BCUT2D eigenvalue weighted by Crippen LogP contribution is -1.92. The van der Waals surface area contributed by atoms with Crippen molar-refractivity contribution in [2.45, 2.75) is 13.5 Å². The van der Waals surface area contributed by atoms with E-state index in [-0.39, 0.29) is 6.61 Å². The van der Waals surface area contributed by atoms with Crippen LogP contribution >= 0.6 is 27.5 Å². The smallest absolute Gasteiger partial charge is 0.132 e. The van der Waals surface area contributed by atoms with E-state index in [4.69, 9.17) is 16.7 Å². The summed E-state index contributed by atoms with van der Waals surface area (Å²) in [5.74, 6) is 0. The van der Waals surface area contributed by atoms with Crippen LogP contribution in [0, 0.1) is 6.92 Å². The van der Waals surface area contributed by atoms with Crippen LogP contribution in [0.15, 0.2) is 10.5 Å². The zero-order chi connectivity index (χ0) is 8.43. The molecule has 1 rings (SSSR count). The molecule has 0 saturated heterocycles. The Morgan fingerprint density at radius 2 is 2.36 bits per heavy atom. The van der Waals surface area contributed by atoms with Crippen LogP contribution in [0.3, 0.4) is 0 Å². The van der Waals surface area contributed by atoms with Crippen molar-refractivity contribution in [3.05, 3.63) is 26.9 Å². The highest BCUT2D eigenvalue weighted by atomic mass is 79.9. The number of nitrogens with zero attached hydrogens (tertiary/aromatic N) is 1. The molecule has 4 heteroatoms. The van der Waals surface area contributed by atoms with Gasteiger partial charge in [-0.3, -0.25) is 0 Å². The fraction of sp³-hybridized carbons (Fsp3) is 0.286. The van der Waals surface area contributed by atoms with Crippen molar-refractivity contribution in [1.82, 2.24) is 4.98 Å². The average Bonchev–Trinajstić information content (AvgIpc) is 1.97. The molecule has 11 heavy (non-hydrogen) atoms. The molecule has 0 aliphatic carbocycles. The number of aryl methyl sites for hydroxylation is 1. The number of aliphatic hydroxyl groups is 1. The van der Waals surface area contributed by atoms with E-state index in [9.17, 15) is 0 Å². The zero-order valence-corrected chi connectivity index (χ0v) is 8.28. The summed E-state index contributed by atoms with van der Waals surface area (Å²) in [7, 11) is 0. The summed E-state index contributed by atoms with van der Waals surface area (Å²) < 4.78 is 0.793. The van der Waals surface area contributed by atoms with Gasteiger partial charge >= 0.3 is 0 Å².